The van der Waals surface area contributed by atoms with Crippen molar-refractivity contribution < 1.29 is 13.9 Å². The predicted molar refractivity (Wildman–Crippen MR) is 111 cm³/mol. The van der Waals surface area contributed by atoms with Crippen molar-refractivity contribution in [2.24, 2.45) is 0 Å². The van der Waals surface area contributed by atoms with Crippen LogP contribution in [0, 0.1) is 5.82 Å². The molecule has 0 N–H and O–H groups in total. The number of pyridine rings is 1. The maximum atomic E-state index is 13.5. The highest BCUT2D eigenvalue weighted by Crippen LogP contribution is 2.30. The number of hydrogen-bond donors (Lipinski definition) is 0. The molecular formula is C22H22ClFN2O2. The van der Waals surface area contributed by atoms with E-state index in [1.807, 2.05) is 38.1 Å². The Balaban J connectivity index is 1.87. The summed E-state index contributed by atoms with van der Waals surface area (Å²) in [5.41, 5.74) is 0.493. The first-order valence-corrected chi connectivity index (χ1v) is 9.65. The molecule has 3 aromatic rings. The van der Waals surface area contributed by atoms with Crippen molar-refractivity contribution in [3.8, 4) is 5.75 Å². The minimum Gasteiger partial charge on any atom is -0.483 e. The fraction of sp³-hybridized carbons (Fsp3) is 0.273. The maximum absolute atomic E-state index is 13.5. The highest BCUT2D eigenvalue weighted by atomic mass is 35.5. The summed E-state index contributed by atoms with van der Waals surface area (Å²) < 4.78 is 19.3. The van der Waals surface area contributed by atoms with E-state index in [-0.39, 0.29) is 23.6 Å². The highest BCUT2D eigenvalue weighted by Gasteiger charge is 2.25. The lowest BCUT2D eigenvalue weighted by atomic mass is 10.1. The Morgan fingerprint density at radius 3 is 2.71 bits per heavy atom. The number of ether oxygens (including phenoxy) is 1. The lowest BCUT2D eigenvalue weighted by Gasteiger charge is -2.31. The van der Waals surface area contributed by atoms with Gasteiger partial charge in [0, 0.05) is 29.2 Å². The minimum absolute atomic E-state index is 0.0595. The summed E-state index contributed by atoms with van der Waals surface area (Å²) in [5, 5.41) is 2.03. The molecule has 0 atom stereocenters. The third-order valence-electron chi connectivity index (χ3n) is 4.74. The molecule has 4 nitrogen and oxygen atoms in total. The summed E-state index contributed by atoms with van der Waals surface area (Å²) in [6.07, 6.45) is 4.93. The van der Waals surface area contributed by atoms with Gasteiger partial charge in [-0.1, -0.05) is 37.6 Å². The highest BCUT2D eigenvalue weighted by molar-refractivity contribution is 6.33. The average molecular weight is 401 g/mol. The number of benzene rings is 2. The fourth-order valence-corrected chi connectivity index (χ4v) is 3.55. The van der Waals surface area contributed by atoms with E-state index in [1.54, 1.807) is 17.3 Å². The first-order chi connectivity index (χ1) is 13.5. The molecule has 0 radical (unpaired) electrons. The third-order valence-corrected chi connectivity index (χ3v) is 5.04. The Hall–Kier alpha value is -2.66. The van der Waals surface area contributed by atoms with Gasteiger partial charge in [-0.25, -0.2) is 4.39 Å². The van der Waals surface area contributed by atoms with E-state index in [9.17, 15) is 9.18 Å². The Kier molecular flexibility index (Phi) is 6.47. The summed E-state index contributed by atoms with van der Waals surface area (Å²) in [6.45, 7) is 3.86. The van der Waals surface area contributed by atoms with Crippen molar-refractivity contribution in [1.29, 1.82) is 0 Å². The Morgan fingerprint density at radius 1 is 1.21 bits per heavy atom. The number of aromatic nitrogens is 1. The van der Waals surface area contributed by atoms with Gasteiger partial charge in [0.2, 0.25) is 0 Å². The molecule has 1 amide bonds. The quantitative estimate of drug-likeness (QED) is 0.516. The summed E-state index contributed by atoms with van der Waals surface area (Å²) >= 11 is 6.24. The molecule has 0 fully saturated rings. The molecule has 146 valence electrons. The summed E-state index contributed by atoms with van der Waals surface area (Å²) in [6, 6.07) is 11.5. The first kappa shape index (κ1) is 20.1. The van der Waals surface area contributed by atoms with E-state index in [0.717, 1.165) is 23.6 Å². The van der Waals surface area contributed by atoms with E-state index < -0.39 is 5.82 Å². The van der Waals surface area contributed by atoms with Gasteiger partial charge in [0.25, 0.3) is 5.91 Å². The largest absolute Gasteiger partial charge is 0.483 e. The number of nitrogens with zero attached hydrogens (tertiary/aromatic N) is 2. The maximum Gasteiger partial charge on any atom is 0.265 e. The molecule has 0 saturated carbocycles. The standard InChI is InChI=1S/C22H22ClFN2O2/c1-3-17(4-2)26(20-9-8-16(24)12-19(20)23)22(27)14-28-21-7-5-6-15-13-25-11-10-18(15)21/h5-13,17H,3-4,14H2,1-2H3. The van der Waals surface area contributed by atoms with Crippen molar-refractivity contribution in [1.82, 2.24) is 4.98 Å². The third kappa shape index (κ3) is 4.25. The molecule has 1 aromatic heterocycles. The molecule has 28 heavy (non-hydrogen) atoms. The number of carbonyl (C=O) groups excluding carboxylic acids is 1. The number of halogens is 2. The number of hydrogen-bond acceptors (Lipinski definition) is 3. The van der Waals surface area contributed by atoms with Crippen LogP contribution in [0.5, 0.6) is 5.75 Å². The SMILES string of the molecule is CCC(CC)N(C(=O)COc1cccc2cnccc12)c1ccc(F)cc1Cl. The van der Waals surface area contributed by atoms with E-state index in [2.05, 4.69) is 4.98 Å². The molecule has 6 heteroatoms. The zero-order valence-electron chi connectivity index (χ0n) is 15.9. The second-order valence-corrected chi connectivity index (χ2v) is 6.88. The molecular weight excluding hydrogens is 379 g/mol. The summed E-state index contributed by atoms with van der Waals surface area (Å²) in [5.74, 6) is -0.0532. The molecule has 1 heterocycles. The first-order valence-electron chi connectivity index (χ1n) is 9.27. The van der Waals surface area contributed by atoms with Crippen LogP contribution < -0.4 is 9.64 Å². The number of carbonyl (C=O) groups is 1. The van der Waals surface area contributed by atoms with Crippen LogP contribution in [0.2, 0.25) is 5.02 Å². The fourth-order valence-electron chi connectivity index (χ4n) is 3.29. The van der Waals surface area contributed by atoms with Gasteiger partial charge in [0.05, 0.1) is 10.7 Å². The Bertz CT molecular complexity index is 970. The van der Waals surface area contributed by atoms with Gasteiger partial charge in [-0.2, -0.15) is 0 Å². The average Bonchev–Trinajstić information content (AvgIpc) is 2.71. The summed E-state index contributed by atoms with van der Waals surface area (Å²) in [7, 11) is 0. The zero-order chi connectivity index (χ0) is 20.1. The van der Waals surface area contributed by atoms with Crippen LogP contribution in [-0.4, -0.2) is 23.5 Å². The van der Waals surface area contributed by atoms with Gasteiger partial charge in [-0.05, 0) is 43.2 Å². The number of anilines is 1. The molecule has 0 saturated heterocycles. The smallest absolute Gasteiger partial charge is 0.265 e. The van der Waals surface area contributed by atoms with E-state index in [0.29, 0.717) is 11.4 Å². The van der Waals surface area contributed by atoms with E-state index >= 15 is 0 Å². The number of amides is 1. The lowest BCUT2D eigenvalue weighted by Crippen LogP contribution is -2.42. The van der Waals surface area contributed by atoms with Crippen LogP contribution in [0.15, 0.2) is 54.9 Å². The monoisotopic (exact) mass is 400 g/mol. The van der Waals surface area contributed by atoms with Crippen molar-refractivity contribution in [3.63, 3.8) is 0 Å². The van der Waals surface area contributed by atoms with Gasteiger partial charge in [-0.15, -0.1) is 0 Å². The second kappa shape index (κ2) is 9.02. The molecule has 0 aliphatic heterocycles. The normalized spacial score (nSPS) is 11.0. The van der Waals surface area contributed by atoms with Gasteiger partial charge in [0.15, 0.2) is 6.61 Å². The molecule has 0 unspecified atom stereocenters. The molecule has 0 spiro atoms. The van der Waals surface area contributed by atoms with Crippen molar-refractivity contribution in [2.45, 2.75) is 32.7 Å². The van der Waals surface area contributed by atoms with Gasteiger partial charge >= 0.3 is 0 Å². The van der Waals surface area contributed by atoms with Crippen LogP contribution in [0.25, 0.3) is 10.8 Å². The zero-order valence-corrected chi connectivity index (χ0v) is 16.6. The van der Waals surface area contributed by atoms with Crippen molar-refractivity contribution in [2.75, 3.05) is 11.5 Å². The van der Waals surface area contributed by atoms with Crippen molar-refractivity contribution >= 4 is 34.0 Å². The van der Waals surface area contributed by atoms with Crippen LogP contribution in [0.1, 0.15) is 26.7 Å². The van der Waals surface area contributed by atoms with Crippen LogP contribution >= 0.6 is 11.6 Å². The van der Waals surface area contributed by atoms with Crippen LogP contribution in [0.3, 0.4) is 0 Å². The predicted octanol–water partition coefficient (Wildman–Crippen LogP) is 5.63. The summed E-state index contributed by atoms with van der Waals surface area (Å²) in [4.78, 5) is 18.8. The molecule has 0 aliphatic rings. The number of fused-ring (bicyclic) bond motifs is 1. The van der Waals surface area contributed by atoms with E-state index in [1.165, 1.54) is 18.2 Å². The molecule has 0 bridgehead atoms. The molecule has 0 aliphatic carbocycles. The van der Waals surface area contributed by atoms with Crippen LogP contribution in [-0.2, 0) is 4.79 Å². The van der Waals surface area contributed by atoms with Gasteiger partial charge in [0.1, 0.15) is 11.6 Å². The lowest BCUT2D eigenvalue weighted by molar-refractivity contribution is -0.121. The van der Waals surface area contributed by atoms with Crippen molar-refractivity contribution in [3.05, 3.63) is 65.7 Å². The Morgan fingerprint density at radius 2 is 2.00 bits per heavy atom. The molecule has 3 rings (SSSR count). The van der Waals surface area contributed by atoms with Gasteiger partial charge < -0.3 is 9.64 Å². The van der Waals surface area contributed by atoms with Crippen LogP contribution in [0.4, 0.5) is 10.1 Å². The van der Waals surface area contributed by atoms with E-state index in [4.69, 9.17) is 16.3 Å². The second-order valence-electron chi connectivity index (χ2n) is 6.47. The number of rotatable bonds is 7. The Labute approximate surface area is 168 Å². The van der Waals surface area contributed by atoms with Gasteiger partial charge in [-0.3, -0.25) is 9.78 Å². The molecule has 2 aromatic carbocycles. The minimum atomic E-state index is -0.439. The topological polar surface area (TPSA) is 42.4 Å².